The molecule has 0 aromatic heterocycles. The zero-order valence-electron chi connectivity index (χ0n) is 9.49. The van der Waals surface area contributed by atoms with Crippen LogP contribution in [0.2, 0.25) is 0 Å². The molecule has 1 unspecified atom stereocenters. The van der Waals surface area contributed by atoms with Gasteiger partial charge in [0.2, 0.25) is 11.8 Å². The Labute approximate surface area is 99.3 Å². The van der Waals surface area contributed by atoms with Gasteiger partial charge in [0, 0.05) is 26.2 Å². The number of nitriles is 1. The highest BCUT2D eigenvalue weighted by Gasteiger charge is 2.41. The number of nitrogens with zero attached hydrogens (tertiary/aromatic N) is 1. The minimum absolute atomic E-state index is 0.0618. The van der Waals surface area contributed by atoms with E-state index in [1.807, 2.05) is 0 Å². The number of carbonyl (C=O) groups excluding carboxylic acids is 2. The second-order valence-corrected chi connectivity index (χ2v) is 4.48. The van der Waals surface area contributed by atoms with Crippen LogP contribution in [0, 0.1) is 16.7 Å². The van der Waals surface area contributed by atoms with Crippen LogP contribution in [0.5, 0.6) is 0 Å². The van der Waals surface area contributed by atoms with Gasteiger partial charge in [0.05, 0.1) is 12.1 Å². The molecule has 17 heavy (non-hydrogen) atoms. The zero-order chi connectivity index (χ0) is 12.3. The van der Waals surface area contributed by atoms with Gasteiger partial charge in [-0.25, -0.2) is 0 Å². The van der Waals surface area contributed by atoms with Crippen molar-refractivity contribution >= 4 is 11.8 Å². The van der Waals surface area contributed by atoms with Gasteiger partial charge < -0.3 is 15.4 Å². The third-order valence-corrected chi connectivity index (χ3v) is 3.31. The van der Waals surface area contributed by atoms with E-state index >= 15 is 0 Å². The number of carbonyl (C=O) groups is 2. The average Bonchev–Trinajstić information content (AvgIpc) is 2.75. The fourth-order valence-corrected chi connectivity index (χ4v) is 2.14. The van der Waals surface area contributed by atoms with E-state index in [9.17, 15) is 14.9 Å². The van der Waals surface area contributed by atoms with Crippen molar-refractivity contribution in [2.75, 3.05) is 19.8 Å². The summed E-state index contributed by atoms with van der Waals surface area (Å²) in [5.41, 5.74) is -0.982. The molecule has 1 atom stereocenters. The molecule has 2 aliphatic heterocycles. The van der Waals surface area contributed by atoms with Gasteiger partial charge in [-0.3, -0.25) is 9.59 Å². The smallest absolute Gasteiger partial charge is 0.240 e. The van der Waals surface area contributed by atoms with Crippen molar-refractivity contribution in [3.63, 3.8) is 0 Å². The van der Waals surface area contributed by atoms with Crippen molar-refractivity contribution in [3.8, 4) is 6.07 Å². The largest absolute Gasteiger partial charge is 0.381 e. The first-order valence-electron chi connectivity index (χ1n) is 5.73. The maximum atomic E-state index is 12.1. The predicted molar refractivity (Wildman–Crippen MR) is 57.7 cm³/mol. The lowest BCUT2D eigenvalue weighted by molar-refractivity contribution is -0.133. The SMILES string of the molecule is N#CC1(C(=O)NC2CNC(=O)C2)CCOCC1. The molecule has 6 heteroatoms. The molecule has 2 N–H and O–H groups in total. The number of ether oxygens (including phenoxy) is 1. The quantitative estimate of drug-likeness (QED) is 0.665. The Bertz CT molecular complexity index is 369. The van der Waals surface area contributed by atoms with Crippen molar-refractivity contribution < 1.29 is 14.3 Å². The second kappa shape index (κ2) is 4.72. The van der Waals surface area contributed by atoms with Gasteiger partial charge in [-0.2, -0.15) is 5.26 Å². The van der Waals surface area contributed by atoms with Crippen LogP contribution >= 0.6 is 0 Å². The van der Waals surface area contributed by atoms with E-state index in [1.54, 1.807) is 0 Å². The fraction of sp³-hybridized carbons (Fsp3) is 0.727. The highest BCUT2D eigenvalue weighted by Crippen LogP contribution is 2.30. The Balaban J connectivity index is 1.98. The standard InChI is InChI=1S/C11H15N3O3/c12-7-11(1-3-17-4-2-11)10(16)14-8-5-9(15)13-6-8/h8H,1-6H2,(H,13,15)(H,14,16). The molecule has 2 fully saturated rings. The van der Waals surface area contributed by atoms with Crippen LogP contribution < -0.4 is 10.6 Å². The average molecular weight is 237 g/mol. The minimum atomic E-state index is -0.982. The number of amides is 2. The molecule has 0 radical (unpaired) electrons. The van der Waals surface area contributed by atoms with Crippen LogP contribution in [0.25, 0.3) is 0 Å². The van der Waals surface area contributed by atoms with Crippen molar-refractivity contribution in [3.05, 3.63) is 0 Å². The van der Waals surface area contributed by atoms with Gasteiger partial charge in [-0.15, -0.1) is 0 Å². The summed E-state index contributed by atoms with van der Waals surface area (Å²) in [5, 5.41) is 14.6. The monoisotopic (exact) mass is 237 g/mol. The number of nitrogens with one attached hydrogen (secondary N) is 2. The van der Waals surface area contributed by atoms with Gasteiger partial charge in [-0.1, -0.05) is 0 Å². The third-order valence-electron chi connectivity index (χ3n) is 3.31. The molecular weight excluding hydrogens is 222 g/mol. The fourth-order valence-electron chi connectivity index (χ4n) is 2.14. The highest BCUT2D eigenvalue weighted by molar-refractivity contribution is 5.87. The summed E-state index contributed by atoms with van der Waals surface area (Å²) in [5.74, 6) is -0.335. The van der Waals surface area contributed by atoms with E-state index in [0.29, 0.717) is 39.0 Å². The molecular formula is C11H15N3O3. The van der Waals surface area contributed by atoms with Gasteiger partial charge in [0.25, 0.3) is 0 Å². The molecule has 0 bridgehead atoms. The first kappa shape index (κ1) is 11.9. The van der Waals surface area contributed by atoms with E-state index in [1.165, 1.54) is 0 Å². The van der Waals surface area contributed by atoms with Gasteiger partial charge >= 0.3 is 0 Å². The Morgan fingerprint density at radius 2 is 2.24 bits per heavy atom. The minimum Gasteiger partial charge on any atom is -0.381 e. The molecule has 2 aliphatic rings. The third kappa shape index (κ3) is 2.39. The molecule has 0 spiro atoms. The summed E-state index contributed by atoms with van der Waals surface area (Å²) in [7, 11) is 0. The number of hydrogen-bond acceptors (Lipinski definition) is 4. The first-order valence-corrected chi connectivity index (χ1v) is 5.73. The molecule has 0 aromatic carbocycles. The van der Waals surface area contributed by atoms with Crippen molar-refractivity contribution in [2.45, 2.75) is 25.3 Å². The molecule has 6 nitrogen and oxygen atoms in total. The molecule has 0 aromatic rings. The maximum Gasteiger partial charge on any atom is 0.240 e. The molecule has 2 saturated heterocycles. The lowest BCUT2D eigenvalue weighted by Crippen LogP contribution is -2.48. The number of hydrogen-bond donors (Lipinski definition) is 2. The lowest BCUT2D eigenvalue weighted by Gasteiger charge is -2.30. The molecule has 2 rings (SSSR count). The Morgan fingerprint density at radius 1 is 1.53 bits per heavy atom. The summed E-state index contributed by atoms with van der Waals surface area (Å²) >= 11 is 0. The van der Waals surface area contributed by atoms with E-state index in [-0.39, 0.29) is 17.9 Å². The predicted octanol–water partition coefficient (Wildman–Crippen LogP) is -0.689. The highest BCUT2D eigenvalue weighted by atomic mass is 16.5. The zero-order valence-corrected chi connectivity index (χ0v) is 9.49. The summed E-state index contributed by atoms with van der Waals surface area (Å²) in [6.45, 7) is 1.31. The molecule has 0 saturated carbocycles. The first-order chi connectivity index (χ1) is 8.16. The lowest BCUT2D eigenvalue weighted by atomic mass is 9.80. The Hall–Kier alpha value is -1.61. The van der Waals surface area contributed by atoms with Crippen LogP contribution in [0.15, 0.2) is 0 Å². The number of rotatable bonds is 2. The van der Waals surface area contributed by atoms with Gasteiger partial charge in [0.1, 0.15) is 5.41 Å². The summed E-state index contributed by atoms with van der Waals surface area (Å²) in [4.78, 5) is 23.1. The van der Waals surface area contributed by atoms with E-state index in [4.69, 9.17) is 4.74 Å². The van der Waals surface area contributed by atoms with Crippen molar-refractivity contribution in [1.29, 1.82) is 5.26 Å². The van der Waals surface area contributed by atoms with Crippen LogP contribution in [0.4, 0.5) is 0 Å². The van der Waals surface area contributed by atoms with Crippen molar-refractivity contribution in [1.82, 2.24) is 10.6 Å². The van der Waals surface area contributed by atoms with E-state index in [2.05, 4.69) is 16.7 Å². The van der Waals surface area contributed by atoms with Crippen LogP contribution in [-0.4, -0.2) is 37.6 Å². The summed E-state index contributed by atoms with van der Waals surface area (Å²) in [6.07, 6.45) is 1.14. The van der Waals surface area contributed by atoms with E-state index in [0.717, 1.165) is 0 Å². The second-order valence-electron chi connectivity index (χ2n) is 4.48. The Kier molecular flexibility index (Phi) is 3.29. The van der Waals surface area contributed by atoms with Crippen LogP contribution in [0.1, 0.15) is 19.3 Å². The van der Waals surface area contributed by atoms with E-state index < -0.39 is 5.41 Å². The normalized spacial score (nSPS) is 27.0. The Morgan fingerprint density at radius 3 is 2.76 bits per heavy atom. The molecule has 2 heterocycles. The van der Waals surface area contributed by atoms with Crippen molar-refractivity contribution in [2.24, 2.45) is 5.41 Å². The van der Waals surface area contributed by atoms with Gasteiger partial charge in [0.15, 0.2) is 0 Å². The molecule has 2 amide bonds. The van der Waals surface area contributed by atoms with Gasteiger partial charge in [-0.05, 0) is 12.8 Å². The molecule has 0 aliphatic carbocycles. The van der Waals surface area contributed by atoms with Crippen LogP contribution in [0.3, 0.4) is 0 Å². The summed E-state index contributed by atoms with van der Waals surface area (Å²) in [6, 6.07) is 1.91. The topological polar surface area (TPSA) is 91.2 Å². The maximum absolute atomic E-state index is 12.1. The van der Waals surface area contributed by atoms with Crippen LogP contribution in [-0.2, 0) is 14.3 Å². The molecule has 92 valence electrons. The summed E-state index contributed by atoms with van der Waals surface area (Å²) < 4.78 is 5.17.